The SMILES string of the molecule is O=C(C=CC1CCN(C(=O)OCc2ccccc2)CC1)c1ccccc1. The molecule has 0 aliphatic carbocycles. The highest BCUT2D eigenvalue weighted by atomic mass is 16.6. The smallest absolute Gasteiger partial charge is 0.410 e. The van der Waals surface area contributed by atoms with Crippen molar-refractivity contribution in [2.45, 2.75) is 19.4 Å². The number of ketones is 1. The van der Waals surface area contributed by atoms with Crippen LogP contribution >= 0.6 is 0 Å². The Morgan fingerprint density at radius 1 is 0.962 bits per heavy atom. The second-order valence-corrected chi connectivity index (χ2v) is 6.45. The highest BCUT2D eigenvalue weighted by Crippen LogP contribution is 2.19. The van der Waals surface area contributed by atoms with Crippen LogP contribution in [0.5, 0.6) is 0 Å². The van der Waals surface area contributed by atoms with Crippen LogP contribution in [0.3, 0.4) is 0 Å². The average Bonchev–Trinajstić information content (AvgIpc) is 2.72. The van der Waals surface area contributed by atoms with Crippen molar-refractivity contribution in [1.29, 1.82) is 0 Å². The van der Waals surface area contributed by atoms with Crippen molar-refractivity contribution in [3.63, 3.8) is 0 Å². The van der Waals surface area contributed by atoms with Crippen LogP contribution in [0.25, 0.3) is 0 Å². The number of carbonyl (C=O) groups is 2. The van der Waals surface area contributed by atoms with Crippen LogP contribution in [0.1, 0.15) is 28.8 Å². The van der Waals surface area contributed by atoms with E-state index in [0.717, 1.165) is 18.4 Å². The molecule has 0 spiro atoms. The van der Waals surface area contributed by atoms with E-state index >= 15 is 0 Å². The number of hydrogen-bond acceptors (Lipinski definition) is 3. The van der Waals surface area contributed by atoms with Gasteiger partial charge in [0.05, 0.1) is 0 Å². The molecule has 4 heteroatoms. The molecule has 0 atom stereocenters. The standard InChI is InChI=1S/C22H23NO3/c24-21(20-9-5-2-6-10-20)12-11-18-13-15-23(16-14-18)22(25)26-17-19-7-3-1-4-8-19/h1-12,18H,13-17H2. The second-order valence-electron chi connectivity index (χ2n) is 6.45. The van der Waals surface area contributed by atoms with Gasteiger partial charge in [-0.25, -0.2) is 4.79 Å². The lowest BCUT2D eigenvalue weighted by molar-refractivity contribution is 0.0852. The molecule has 1 amide bonds. The van der Waals surface area contributed by atoms with Gasteiger partial charge in [0.15, 0.2) is 5.78 Å². The molecule has 2 aromatic carbocycles. The Hall–Kier alpha value is -2.88. The first-order chi connectivity index (χ1) is 12.7. The van der Waals surface area contributed by atoms with Gasteiger partial charge in [-0.1, -0.05) is 66.7 Å². The predicted octanol–water partition coefficient (Wildman–Crippen LogP) is 4.47. The number of amides is 1. The lowest BCUT2D eigenvalue weighted by Crippen LogP contribution is -2.38. The topological polar surface area (TPSA) is 46.6 Å². The summed E-state index contributed by atoms with van der Waals surface area (Å²) in [7, 11) is 0. The highest BCUT2D eigenvalue weighted by Gasteiger charge is 2.22. The summed E-state index contributed by atoms with van der Waals surface area (Å²) in [6.45, 7) is 1.61. The molecular formula is C22H23NO3. The number of piperidine rings is 1. The molecular weight excluding hydrogens is 326 g/mol. The largest absolute Gasteiger partial charge is 0.445 e. The zero-order valence-electron chi connectivity index (χ0n) is 14.7. The number of nitrogens with zero attached hydrogens (tertiary/aromatic N) is 1. The van der Waals surface area contributed by atoms with Gasteiger partial charge in [0.2, 0.25) is 0 Å². The quantitative estimate of drug-likeness (QED) is 0.591. The molecule has 0 saturated carbocycles. The van der Waals surface area contributed by atoms with Crippen molar-refractivity contribution >= 4 is 11.9 Å². The van der Waals surface area contributed by atoms with Crippen LogP contribution in [-0.2, 0) is 11.3 Å². The number of carbonyl (C=O) groups excluding carboxylic acids is 2. The van der Waals surface area contributed by atoms with Crippen molar-refractivity contribution in [2.75, 3.05) is 13.1 Å². The van der Waals surface area contributed by atoms with Gasteiger partial charge in [-0.05, 0) is 30.4 Å². The molecule has 0 radical (unpaired) electrons. The van der Waals surface area contributed by atoms with Gasteiger partial charge in [0.1, 0.15) is 6.61 Å². The Morgan fingerprint density at radius 3 is 2.23 bits per heavy atom. The first kappa shape index (κ1) is 17.9. The van der Waals surface area contributed by atoms with Gasteiger partial charge < -0.3 is 9.64 Å². The van der Waals surface area contributed by atoms with Crippen molar-refractivity contribution < 1.29 is 14.3 Å². The minimum absolute atomic E-state index is 0.0234. The first-order valence-corrected chi connectivity index (χ1v) is 8.95. The predicted molar refractivity (Wildman–Crippen MR) is 101 cm³/mol. The van der Waals surface area contributed by atoms with E-state index in [0.29, 0.717) is 31.2 Å². The Labute approximate surface area is 154 Å². The van der Waals surface area contributed by atoms with Gasteiger partial charge in [0, 0.05) is 18.7 Å². The monoisotopic (exact) mass is 349 g/mol. The van der Waals surface area contributed by atoms with Crippen LogP contribution in [0.2, 0.25) is 0 Å². The number of ether oxygens (including phenoxy) is 1. The lowest BCUT2D eigenvalue weighted by Gasteiger charge is -2.29. The molecule has 134 valence electrons. The lowest BCUT2D eigenvalue weighted by atomic mass is 9.96. The van der Waals surface area contributed by atoms with E-state index in [9.17, 15) is 9.59 Å². The van der Waals surface area contributed by atoms with Gasteiger partial charge in [-0.3, -0.25) is 4.79 Å². The van der Waals surface area contributed by atoms with E-state index in [-0.39, 0.29) is 11.9 Å². The molecule has 0 unspecified atom stereocenters. The molecule has 0 aromatic heterocycles. The maximum atomic E-state index is 12.2. The maximum absolute atomic E-state index is 12.2. The minimum Gasteiger partial charge on any atom is -0.445 e. The molecule has 3 rings (SSSR count). The summed E-state index contributed by atoms with van der Waals surface area (Å²) < 4.78 is 5.37. The van der Waals surface area contributed by atoms with Gasteiger partial charge >= 0.3 is 6.09 Å². The summed E-state index contributed by atoms with van der Waals surface area (Å²) in [5.41, 5.74) is 1.68. The van der Waals surface area contributed by atoms with Crippen LogP contribution in [-0.4, -0.2) is 29.9 Å². The normalized spacial score (nSPS) is 15.2. The van der Waals surface area contributed by atoms with E-state index in [1.165, 1.54) is 0 Å². The summed E-state index contributed by atoms with van der Waals surface area (Å²) in [6, 6.07) is 18.9. The number of allylic oxidation sites excluding steroid dienone is 2. The van der Waals surface area contributed by atoms with Crippen molar-refractivity contribution in [3.8, 4) is 0 Å². The third-order valence-corrected chi connectivity index (χ3v) is 4.58. The van der Waals surface area contributed by atoms with Crippen LogP contribution in [0.4, 0.5) is 4.79 Å². The van der Waals surface area contributed by atoms with Crippen molar-refractivity contribution in [2.24, 2.45) is 5.92 Å². The molecule has 0 N–H and O–H groups in total. The van der Waals surface area contributed by atoms with Crippen LogP contribution < -0.4 is 0 Å². The number of rotatable bonds is 5. The summed E-state index contributed by atoms with van der Waals surface area (Å²) in [6.07, 6.45) is 5.06. The second kappa shape index (κ2) is 8.99. The van der Waals surface area contributed by atoms with E-state index in [2.05, 4.69) is 0 Å². The minimum atomic E-state index is -0.267. The summed E-state index contributed by atoms with van der Waals surface area (Å²) in [4.78, 5) is 26.0. The summed E-state index contributed by atoms with van der Waals surface area (Å²) in [5.74, 6) is 0.344. The van der Waals surface area contributed by atoms with Crippen molar-refractivity contribution in [3.05, 3.63) is 83.9 Å². The van der Waals surface area contributed by atoms with Crippen molar-refractivity contribution in [1.82, 2.24) is 4.90 Å². The number of benzene rings is 2. The van der Waals surface area contributed by atoms with Gasteiger partial charge in [-0.15, -0.1) is 0 Å². The molecule has 0 bridgehead atoms. The Morgan fingerprint density at radius 2 is 1.58 bits per heavy atom. The Kier molecular flexibility index (Phi) is 6.20. The van der Waals surface area contributed by atoms with E-state index in [1.807, 2.05) is 66.7 Å². The molecule has 1 fully saturated rings. The third kappa shape index (κ3) is 5.06. The molecule has 1 aliphatic rings. The average molecular weight is 349 g/mol. The third-order valence-electron chi connectivity index (χ3n) is 4.58. The zero-order chi connectivity index (χ0) is 18.2. The first-order valence-electron chi connectivity index (χ1n) is 8.95. The fraction of sp³-hybridized carbons (Fsp3) is 0.273. The van der Waals surface area contributed by atoms with Crippen LogP contribution in [0, 0.1) is 5.92 Å². The highest BCUT2D eigenvalue weighted by molar-refractivity contribution is 6.04. The fourth-order valence-corrected chi connectivity index (χ4v) is 3.01. The molecule has 1 saturated heterocycles. The van der Waals surface area contributed by atoms with Crippen LogP contribution in [0.15, 0.2) is 72.8 Å². The molecule has 1 aliphatic heterocycles. The van der Waals surface area contributed by atoms with E-state index < -0.39 is 0 Å². The summed E-state index contributed by atoms with van der Waals surface area (Å²) >= 11 is 0. The summed E-state index contributed by atoms with van der Waals surface area (Å²) in [5, 5.41) is 0. The fourth-order valence-electron chi connectivity index (χ4n) is 3.01. The maximum Gasteiger partial charge on any atom is 0.410 e. The molecule has 2 aromatic rings. The Balaban J connectivity index is 1.43. The number of likely N-dealkylation sites (tertiary alicyclic amines) is 1. The zero-order valence-corrected chi connectivity index (χ0v) is 14.7. The molecule has 4 nitrogen and oxygen atoms in total. The van der Waals surface area contributed by atoms with E-state index in [4.69, 9.17) is 4.74 Å². The number of hydrogen-bond donors (Lipinski definition) is 0. The molecule has 1 heterocycles. The molecule has 26 heavy (non-hydrogen) atoms. The van der Waals surface area contributed by atoms with E-state index in [1.54, 1.807) is 11.0 Å². The Bertz CT molecular complexity index is 747. The van der Waals surface area contributed by atoms with Gasteiger partial charge in [-0.2, -0.15) is 0 Å². The van der Waals surface area contributed by atoms with Gasteiger partial charge in [0.25, 0.3) is 0 Å².